The van der Waals surface area contributed by atoms with Crippen molar-refractivity contribution in [2.24, 2.45) is 0 Å². The largest absolute Gasteiger partial charge is 0.427 e. The van der Waals surface area contributed by atoms with E-state index in [0.717, 1.165) is 21.9 Å². The van der Waals surface area contributed by atoms with E-state index in [1.807, 2.05) is 12.1 Å². The van der Waals surface area contributed by atoms with E-state index in [1.165, 1.54) is 24.8 Å². The van der Waals surface area contributed by atoms with Crippen molar-refractivity contribution in [1.29, 1.82) is 0 Å². The number of aromatic nitrogens is 1. The molecule has 0 aliphatic carbocycles. The van der Waals surface area contributed by atoms with Crippen molar-refractivity contribution in [3.63, 3.8) is 0 Å². The summed E-state index contributed by atoms with van der Waals surface area (Å²) in [5.74, 6) is -0.693. The van der Waals surface area contributed by atoms with Gasteiger partial charge in [0.25, 0.3) is 5.56 Å². The van der Waals surface area contributed by atoms with Gasteiger partial charge in [-0.2, -0.15) is 0 Å². The molecule has 4 nitrogen and oxygen atoms in total. The molecule has 0 unspecified atom stereocenters. The summed E-state index contributed by atoms with van der Waals surface area (Å²) in [7, 11) is 0. The van der Waals surface area contributed by atoms with Crippen LogP contribution in [0.15, 0.2) is 59.3 Å². The third kappa shape index (κ3) is 4.01. The molecule has 0 aliphatic heterocycles. The number of fused-ring (bicyclic) bond motifs is 1. The minimum atomic E-state index is -0.693. The molecule has 136 valence electrons. The maximum absolute atomic E-state index is 12.8. The van der Waals surface area contributed by atoms with Crippen LogP contribution in [0.5, 0.6) is 0 Å². The summed E-state index contributed by atoms with van der Waals surface area (Å²) in [6.45, 7) is 2.19. The molecule has 3 rings (SSSR count). The van der Waals surface area contributed by atoms with Gasteiger partial charge in [-0.25, -0.2) is 9.36 Å². The second-order valence-electron chi connectivity index (χ2n) is 6.25. The fourth-order valence-corrected chi connectivity index (χ4v) is 4.26. The van der Waals surface area contributed by atoms with Crippen molar-refractivity contribution in [3.05, 3.63) is 71.8 Å². The molecule has 0 amide bonds. The molecule has 26 heavy (non-hydrogen) atoms. The second-order valence-corrected chi connectivity index (χ2v) is 8.02. The van der Waals surface area contributed by atoms with Crippen molar-refractivity contribution in [2.45, 2.75) is 39.0 Å². The van der Waals surface area contributed by atoms with E-state index in [0.29, 0.717) is 15.5 Å². The first-order chi connectivity index (χ1) is 12.5. The van der Waals surface area contributed by atoms with Crippen molar-refractivity contribution in [2.75, 3.05) is 0 Å². The Morgan fingerprint density at radius 3 is 2.42 bits per heavy atom. The van der Waals surface area contributed by atoms with Gasteiger partial charge in [0.15, 0.2) is 5.58 Å². The number of aryl methyl sites for hydroxylation is 1. The van der Waals surface area contributed by atoms with Gasteiger partial charge in [0.2, 0.25) is 0 Å². The SMILES string of the molecule is CCCCCCc1ccc(-n2c(=O)oc3c(Br)cc(Br)cc3c2=O)cc1. The lowest BCUT2D eigenvalue weighted by Crippen LogP contribution is -2.31. The summed E-state index contributed by atoms with van der Waals surface area (Å²) in [6.07, 6.45) is 5.83. The number of halogens is 2. The lowest BCUT2D eigenvalue weighted by Gasteiger charge is -2.08. The van der Waals surface area contributed by atoms with Crippen molar-refractivity contribution < 1.29 is 4.42 Å². The fraction of sp³-hybridized carbons (Fsp3) is 0.300. The van der Waals surface area contributed by atoms with E-state index in [1.54, 1.807) is 24.3 Å². The fourth-order valence-electron chi connectivity index (χ4n) is 2.95. The molecule has 0 saturated heterocycles. The van der Waals surface area contributed by atoms with E-state index >= 15 is 0 Å². The molecule has 0 saturated carbocycles. The Balaban J connectivity index is 1.98. The van der Waals surface area contributed by atoms with E-state index in [2.05, 4.69) is 38.8 Å². The first kappa shape index (κ1) is 19.1. The number of benzene rings is 2. The van der Waals surface area contributed by atoms with Crippen molar-refractivity contribution in [3.8, 4) is 5.69 Å². The number of hydrogen-bond donors (Lipinski definition) is 0. The highest BCUT2D eigenvalue weighted by Gasteiger charge is 2.14. The van der Waals surface area contributed by atoms with Crippen molar-refractivity contribution >= 4 is 42.8 Å². The Bertz CT molecular complexity index is 1040. The standard InChI is InChI=1S/C20H19Br2NO3/c1-2-3-4-5-6-13-7-9-15(10-8-13)23-19(24)16-11-14(21)12-17(22)18(16)26-20(23)25/h7-12H,2-6H2,1H3. The molecular weight excluding hydrogens is 462 g/mol. The van der Waals surface area contributed by atoms with Crippen LogP contribution in [0.1, 0.15) is 38.2 Å². The Labute approximate surface area is 168 Å². The molecule has 0 bridgehead atoms. The van der Waals surface area contributed by atoms with E-state index in [9.17, 15) is 9.59 Å². The van der Waals surface area contributed by atoms with Crippen LogP contribution in [0.3, 0.4) is 0 Å². The highest BCUT2D eigenvalue weighted by Crippen LogP contribution is 2.26. The van der Waals surface area contributed by atoms with Crippen molar-refractivity contribution in [1.82, 2.24) is 4.57 Å². The van der Waals surface area contributed by atoms with Gasteiger partial charge in [-0.05, 0) is 58.6 Å². The van der Waals surface area contributed by atoms with E-state index < -0.39 is 11.3 Å². The van der Waals surface area contributed by atoms with Gasteiger partial charge < -0.3 is 4.42 Å². The first-order valence-electron chi connectivity index (χ1n) is 8.65. The Kier molecular flexibility index (Phi) is 6.14. The Morgan fingerprint density at radius 1 is 1.00 bits per heavy atom. The van der Waals surface area contributed by atoms with Gasteiger partial charge in [-0.3, -0.25) is 4.79 Å². The molecular formula is C20H19Br2NO3. The zero-order valence-electron chi connectivity index (χ0n) is 14.4. The minimum Gasteiger partial charge on any atom is -0.408 e. The maximum atomic E-state index is 12.8. The molecule has 2 aromatic carbocycles. The van der Waals surface area contributed by atoms with E-state index in [-0.39, 0.29) is 5.58 Å². The van der Waals surface area contributed by atoms with Crippen LogP contribution in [0, 0.1) is 0 Å². The molecule has 6 heteroatoms. The van der Waals surface area contributed by atoms with Crippen LogP contribution in [0.25, 0.3) is 16.7 Å². The summed E-state index contributed by atoms with van der Waals surface area (Å²) in [5.41, 5.74) is 1.58. The summed E-state index contributed by atoms with van der Waals surface area (Å²) in [4.78, 5) is 25.2. The van der Waals surface area contributed by atoms with Gasteiger partial charge in [-0.1, -0.05) is 54.2 Å². The monoisotopic (exact) mass is 479 g/mol. The molecule has 3 aromatic rings. The normalized spacial score (nSPS) is 11.2. The average molecular weight is 481 g/mol. The molecule has 0 atom stereocenters. The summed E-state index contributed by atoms with van der Waals surface area (Å²) in [6, 6.07) is 10.9. The Morgan fingerprint density at radius 2 is 1.73 bits per heavy atom. The highest BCUT2D eigenvalue weighted by molar-refractivity contribution is 9.11. The van der Waals surface area contributed by atoms with Crippen LogP contribution < -0.4 is 11.3 Å². The molecule has 0 radical (unpaired) electrons. The first-order valence-corrected chi connectivity index (χ1v) is 10.2. The predicted octanol–water partition coefficient (Wildman–Crippen LogP) is 5.59. The summed E-state index contributed by atoms with van der Waals surface area (Å²) >= 11 is 6.69. The number of rotatable bonds is 6. The Hall–Kier alpha value is -1.66. The smallest absolute Gasteiger partial charge is 0.408 e. The zero-order chi connectivity index (χ0) is 18.7. The summed E-state index contributed by atoms with van der Waals surface area (Å²) in [5, 5.41) is 0.342. The molecule has 0 spiro atoms. The number of hydrogen-bond acceptors (Lipinski definition) is 3. The topological polar surface area (TPSA) is 52.2 Å². The van der Waals surface area contributed by atoms with Gasteiger partial charge >= 0.3 is 5.76 Å². The number of unbranched alkanes of at least 4 members (excludes halogenated alkanes) is 3. The lowest BCUT2D eigenvalue weighted by molar-refractivity contribution is 0.502. The zero-order valence-corrected chi connectivity index (χ0v) is 17.6. The molecule has 1 heterocycles. The maximum Gasteiger partial charge on any atom is 0.427 e. The average Bonchev–Trinajstić information content (AvgIpc) is 2.61. The minimum absolute atomic E-state index is 0.256. The summed E-state index contributed by atoms with van der Waals surface area (Å²) < 4.78 is 7.74. The van der Waals surface area contributed by atoms with Crippen LogP contribution in [0.2, 0.25) is 0 Å². The lowest BCUT2D eigenvalue weighted by atomic mass is 10.1. The van der Waals surface area contributed by atoms with Gasteiger partial charge in [-0.15, -0.1) is 0 Å². The molecule has 0 N–H and O–H groups in total. The third-order valence-corrected chi connectivity index (χ3v) is 5.37. The quantitative estimate of drug-likeness (QED) is 0.432. The van der Waals surface area contributed by atoms with Crippen LogP contribution in [0.4, 0.5) is 0 Å². The second kappa shape index (κ2) is 8.35. The van der Waals surface area contributed by atoms with Crippen LogP contribution in [-0.4, -0.2) is 4.57 Å². The highest BCUT2D eigenvalue weighted by atomic mass is 79.9. The van der Waals surface area contributed by atoms with Crippen LogP contribution >= 0.6 is 31.9 Å². The molecule has 0 fully saturated rings. The third-order valence-electron chi connectivity index (χ3n) is 4.33. The molecule has 0 aliphatic rings. The van der Waals surface area contributed by atoms with Gasteiger partial charge in [0, 0.05) is 4.47 Å². The van der Waals surface area contributed by atoms with E-state index in [4.69, 9.17) is 4.42 Å². The van der Waals surface area contributed by atoms with Crippen LogP contribution in [-0.2, 0) is 6.42 Å². The van der Waals surface area contributed by atoms with Gasteiger partial charge in [0.05, 0.1) is 15.5 Å². The number of nitrogens with zero attached hydrogens (tertiary/aromatic N) is 1. The molecule has 1 aromatic heterocycles. The predicted molar refractivity (Wildman–Crippen MR) is 111 cm³/mol. The van der Waals surface area contributed by atoms with Gasteiger partial charge in [0.1, 0.15) is 0 Å².